The Morgan fingerprint density at radius 1 is 0.467 bits per heavy atom. The zero-order valence-electron chi connectivity index (χ0n) is 40.6. The van der Waals surface area contributed by atoms with Crippen molar-refractivity contribution in [1.82, 2.24) is 5.32 Å². The molecule has 3 N–H and O–H groups in total. The lowest BCUT2D eigenvalue weighted by atomic mass is 10.0. The van der Waals surface area contributed by atoms with Crippen LogP contribution in [-0.2, 0) is 14.3 Å². The molecule has 0 aromatic heterocycles. The van der Waals surface area contributed by atoms with Crippen LogP contribution in [0.5, 0.6) is 0 Å². The second-order valence-electron chi connectivity index (χ2n) is 18.6. The number of ether oxygens (including phenoxy) is 1. The van der Waals surface area contributed by atoms with Gasteiger partial charge in [-0.25, -0.2) is 0 Å². The summed E-state index contributed by atoms with van der Waals surface area (Å²) in [5, 5.41) is 23.8. The molecule has 0 aromatic rings. The molecule has 3 atom stereocenters. The zero-order valence-corrected chi connectivity index (χ0v) is 40.6. The molecule has 0 fully saturated rings. The van der Waals surface area contributed by atoms with Crippen LogP contribution in [0.3, 0.4) is 0 Å². The van der Waals surface area contributed by atoms with Crippen LogP contribution in [0.1, 0.15) is 297 Å². The maximum absolute atomic E-state index is 13.2. The highest BCUT2D eigenvalue weighted by molar-refractivity contribution is 5.77. The van der Waals surface area contributed by atoms with Crippen molar-refractivity contribution in [2.24, 2.45) is 0 Å². The number of hydrogen-bond acceptors (Lipinski definition) is 5. The third-order valence-electron chi connectivity index (χ3n) is 12.6. The molecule has 0 aromatic carbocycles. The summed E-state index contributed by atoms with van der Waals surface area (Å²) in [6, 6.07) is -0.697. The van der Waals surface area contributed by atoms with E-state index in [1.807, 2.05) is 0 Å². The molecule has 0 aliphatic carbocycles. The lowest BCUT2D eigenvalue weighted by Gasteiger charge is -2.24. The molecule has 356 valence electrons. The number of esters is 1. The highest BCUT2D eigenvalue weighted by Gasteiger charge is 2.24. The van der Waals surface area contributed by atoms with Crippen LogP contribution >= 0.6 is 0 Å². The van der Waals surface area contributed by atoms with Crippen molar-refractivity contribution in [3.05, 3.63) is 12.2 Å². The molecule has 1 amide bonds. The van der Waals surface area contributed by atoms with Gasteiger partial charge in [0.15, 0.2) is 0 Å². The van der Waals surface area contributed by atoms with Crippen LogP contribution in [0.15, 0.2) is 12.2 Å². The zero-order chi connectivity index (χ0) is 43.8. The van der Waals surface area contributed by atoms with Crippen molar-refractivity contribution in [3.63, 3.8) is 0 Å². The van der Waals surface area contributed by atoms with Crippen molar-refractivity contribution in [2.45, 2.75) is 315 Å². The molecule has 0 radical (unpaired) electrons. The minimum Gasteiger partial charge on any atom is -0.462 e. The van der Waals surface area contributed by atoms with Gasteiger partial charge in [-0.05, 0) is 51.4 Å². The number of carbonyl (C=O) groups is 2. The van der Waals surface area contributed by atoms with E-state index in [0.717, 1.165) is 57.8 Å². The van der Waals surface area contributed by atoms with Gasteiger partial charge in [0, 0.05) is 6.42 Å². The predicted octanol–water partition coefficient (Wildman–Crippen LogP) is 16.1. The largest absolute Gasteiger partial charge is 0.462 e. The number of aliphatic hydroxyl groups is 2. The van der Waals surface area contributed by atoms with Crippen molar-refractivity contribution in [1.29, 1.82) is 0 Å². The number of amides is 1. The van der Waals surface area contributed by atoms with Crippen LogP contribution < -0.4 is 5.32 Å². The van der Waals surface area contributed by atoms with Crippen LogP contribution in [0.2, 0.25) is 0 Å². The average Bonchev–Trinajstić information content (AvgIpc) is 3.24. The first-order chi connectivity index (χ1) is 29.5. The van der Waals surface area contributed by atoms with Gasteiger partial charge in [-0.3, -0.25) is 9.59 Å². The summed E-state index contributed by atoms with van der Waals surface area (Å²) in [6.07, 6.45) is 54.1. The van der Waals surface area contributed by atoms with Gasteiger partial charge < -0.3 is 20.3 Å². The van der Waals surface area contributed by atoms with E-state index in [1.165, 1.54) is 193 Å². The molecule has 6 nitrogen and oxygen atoms in total. The van der Waals surface area contributed by atoms with E-state index in [1.54, 1.807) is 0 Å². The Kier molecular flexibility index (Phi) is 47.5. The molecule has 0 aliphatic heterocycles. The number of allylic oxidation sites excluding steroid dienone is 2. The number of unbranched alkanes of at least 4 members (excludes halogenated alkanes) is 35. The molecule has 0 saturated carbocycles. The van der Waals surface area contributed by atoms with Crippen molar-refractivity contribution in [2.75, 3.05) is 6.61 Å². The van der Waals surface area contributed by atoms with Gasteiger partial charge in [0.05, 0.1) is 25.2 Å². The fraction of sp³-hybridized carbons (Fsp3) is 0.926. The third kappa shape index (κ3) is 43.3. The molecule has 0 rings (SSSR count). The molecule has 3 unspecified atom stereocenters. The number of hydrogen-bond donors (Lipinski definition) is 3. The van der Waals surface area contributed by atoms with Crippen LogP contribution in [0.4, 0.5) is 0 Å². The Balaban J connectivity index is 4.52. The van der Waals surface area contributed by atoms with Crippen molar-refractivity contribution >= 4 is 11.9 Å². The average molecular weight is 848 g/mol. The number of rotatable bonds is 49. The van der Waals surface area contributed by atoms with Crippen LogP contribution in [-0.4, -0.2) is 46.9 Å². The van der Waals surface area contributed by atoms with E-state index in [9.17, 15) is 19.8 Å². The standard InChI is InChI=1S/C54H105NO5/c1-4-7-10-13-16-19-22-25-26-27-29-32-35-38-41-44-47-54(59)60-50(45-42-39-36-33-30-28-23-20-17-14-11-8-5-2)48-53(58)55-51(49-56)52(57)46-43-40-37-34-31-24-21-18-15-12-9-6-3/h20,23,50-52,56-57H,4-19,21-22,24-49H2,1-3H3,(H,55,58)/b23-20-. The van der Waals surface area contributed by atoms with E-state index < -0.39 is 18.2 Å². The third-order valence-corrected chi connectivity index (χ3v) is 12.6. The normalized spacial score (nSPS) is 13.2. The number of carbonyl (C=O) groups excluding carboxylic acids is 2. The Morgan fingerprint density at radius 2 is 0.800 bits per heavy atom. The molecular formula is C54H105NO5. The van der Waals surface area contributed by atoms with Crippen molar-refractivity contribution in [3.8, 4) is 0 Å². The van der Waals surface area contributed by atoms with Crippen LogP contribution in [0, 0.1) is 0 Å². The molecule has 0 aliphatic rings. The molecular weight excluding hydrogens is 743 g/mol. The minimum absolute atomic E-state index is 0.0789. The smallest absolute Gasteiger partial charge is 0.306 e. The number of nitrogens with one attached hydrogen (secondary N) is 1. The highest BCUT2D eigenvalue weighted by atomic mass is 16.5. The van der Waals surface area contributed by atoms with E-state index in [2.05, 4.69) is 38.2 Å². The second-order valence-corrected chi connectivity index (χ2v) is 18.6. The Hall–Kier alpha value is -1.40. The Morgan fingerprint density at radius 3 is 1.20 bits per heavy atom. The molecule has 0 heterocycles. The van der Waals surface area contributed by atoms with E-state index in [-0.39, 0.29) is 24.9 Å². The second kappa shape index (κ2) is 48.6. The van der Waals surface area contributed by atoms with Gasteiger partial charge in [-0.15, -0.1) is 0 Å². The van der Waals surface area contributed by atoms with E-state index in [0.29, 0.717) is 19.3 Å². The lowest BCUT2D eigenvalue weighted by Crippen LogP contribution is -2.46. The van der Waals surface area contributed by atoms with Gasteiger partial charge in [0.1, 0.15) is 6.10 Å². The molecule has 0 bridgehead atoms. The first-order valence-electron chi connectivity index (χ1n) is 26.9. The first kappa shape index (κ1) is 58.6. The summed E-state index contributed by atoms with van der Waals surface area (Å²) in [5.41, 5.74) is 0. The summed E-state index contributed by atoms with van der Waals surface area (Å²) in [4.78, 5) is 26.2. The SMILES string of the molecule is CCCCCC/C=C\CCCCCCCC(CC(=O)NC(CO)C(O)CCCCCCCCCCCCCC)OC(=O)CCCCCCCCCCCCCCCCCC. The van der Waals surface area contributed by atoms with E-state index in [4.69, 9.17) is 4.74 Å². The van der Waals surface area contributed by atoms with Gasteiger partial charge in [0.25, 0.3) is 0 Å². The predicted molar refractivity (Wildman–Crippen MR) is 260 cm³/mol. The number of aliphatic hydroxyl groups excluding tert-OH is 2. The summed E-state index contributed by atoms with van der Waals surface area (Å²) in [5.74, 6) is -0.463. The first-order valence-corrected chi connectivity index (χ1v) is 26.9. The molecule has 0 saturated heterocycles. The lowest BCUT2D eigenvalue weighted by molar-refractivity contribution is -0.151. The molecule has 0 spiro atoms. The summed E-state index contributed by atoms with van der Waals surface area (Å²) in [7, 11) is 0. The summed E-state index contributed by atoms with van der Waals surface area (Å²) in [6.45, 7) is 6.49. The Labute approximate surface area is 374 Å². The highest BCUT2D eigenvalue weighted by Crippen LogP contribution is 2.18. The van der Waals surface area contributed by atoms with E-state index >= 15 is 0 Å². The monoisotopic (exact) mass is 848 g/mol. The fourth-order valence-electron chi connectivity index (χ4n) is 8.49. The molecule has 6 heteroatoms. The van der Waals surface area contributed by atoms with Crippen LogP contribution in [0.25, 0.3) is 0 Å². The fourth-order valence-corrected chi connectivity index (χ4v) is 8.49. The minimum atomic E-state index is -0.783. The molecule has 60 heavy (non-hydrogen) atoms. The van der Waals surface area contributed by atoms with Crippen molar-refractivity contribution < 1.29 is 24.5 Å². The topological polar surface area (TPSA) is 95.9 Å². The van der Waals surface area contributed by atoms with Gasteiger partial charge >= 0.3 is 5.97 Å². The maximum atomic E-state index is 13.2. The van der Waals surface area contributed by atoms with Gasteiger partial charge in [-0.1, -0.05) is 245 Å². The maximum Gasteiger partial charge on any atom is 0.306 e. The quantitative estimate of drug-likeness (QED) is 0.0322. The van der Waals surface area contributed by atoms with Gasteiger partial charge in [0.2, 0.25) is 5.91 Å². The summed E-state index contributed by atoms with van der Waals surface area (Å²) < 4.78 is 5.94. The Bertz CT molecular complexity index is 909. The van der Waals surface area contributed by atoms with Gasteiger partial charge in [-0.2, -0.15) is 0 Å². The summed E-state index contributed by atoms with van der Waals surface area (Å²) >= 11 is 0.